The molecule has 3 heterocycles. The van der Waals surface area contributed by atoms with E-state index in [4.69, 9.17) is 29.5 Å². The SMILES string of the molecule is [2H][C@@]1(O)CC[C@@H](/C=C(\C)[C@H]2OC(=O)[C@@H]3CCCCN3C(=O)C(=O)[C@]3(O)O[C@H]([C@@H](OC)C[C@@H](C)C/C(C)=C/[C@@H](CC=C)C(=O)C[C@H](O[Si](C)(C)C(C)(C)C)[C@H]2C)[C@@H](OC)C[C@H]3C)C[C@H]1OC. The molecule has 0 spiro atoms. The summed E-state index contributed by atoms with van der Waals surface area (Å²) in [5.41, 5.74) is 1.69. The number of fused-ring (bicyclic) bond motifs is 3. The Hall–Kier alpha value is -2.56. The van der Waals surface area contributed by atoms with Crippen LogP contribution in [0, 0.1) is 29.6 Å². The second kappa shape index (κ2) is 23.0. The number of rotatable bonds is 9. The lowest BCUT2D eigenvalue weighted by Gasteiger charge is -2.47. The van der Waals surface area contributed by atoms with Crippen LogP contribution in [0.3, 0.4) is 0 Å². The first kappa shape index (κ1) is 52.4. The molecule has 3 fully saturated rings. The van der Waals surface area contributed by atoms with Gasteiger partial charge in [-0.25, -0.2) is 4.79 Å². The molecule has 0 aromatic carbocycles. The van der Waals surface area contributed by atoms with Crippen LogP contribution >= 0.6 is 0 Å². The van der Waals surface area contributed by atoms with Crippen molar-refractivity contribution < 1.29 is 58.9 Å². The summed E-state index contributed by atoms with van der Waals surface area (Å²) < 4.78 is 45.9. The second-order valence-electron chi connectivity index (χ2n) is 21.0. The van der Waals surface area contributed by atoms with E-state index in [0.717, 1.165) is 5.57 Å². The van der Waals surface area contributed by atoms with E-state index in [2.05, 4.69) is 47.4 Å². The fourth-order valence-electron chi connectivity index (χ4n) is 9.97. The third-order valence-corrected chi connectivity index (χ3v) is 19.4. The van der Waals surface area contributed by atoms with Crippen LogP contribution in [0.2, 0.25) is 18.1 Å². The molecular formula is C50H83NO12Si. The predicted molar refractivity (Wildman–Crippen MR) is 249 cm³/mol. The minimum atomic E-state index is -2.58. The normalized spacial score (nSPS) is 39.7. The zero-order chi connectivity index (χ0) is 48.8. The van der Waals surface area contributed by atoms with Crippen LogP contribution in [0.15, 0.2) is 36.0 Å². The first-order valence-electron chi connectivity index (χ1n) is 24.2. The Kier molecular flexibility index (Phi) is 18.8. The predicted octanol–water partition coefficient (Wildman–Crippen LogP) is 7.67. The van der Waals surface area contributed by atoms with Gasteiger partial charge in [0.25, 0.3) is 11.7 Å². The van der Waals surface area contributed by atoms with Crippen LogP contribution in [0.4, 0.5) is 0 Å². The first-order chi connectivity index (χ1) is 30.2. The van der Waals surface area contributed by atoms with E-state index in [1.54, 1.807) is 20.1 Å². The number of aliphatic hydroxyl groups is 2. The Balaban J connectivity index is 1.90. The number of hydrogen-bond donors (Lipinski definition) is 2. The number of ether oxygens (including phenoxy) is 5. The molecule has 13 nitrogen and oxygen atoms in total. The number of nitrogens with zero attached hydrogens (tertiary/aromatic N) is 1. The molecule has 2 bridgehead atoms. The number of Topliss-reactive ketones (excluding diaryl/α,β-unsaturated/α-hetero) is 2. The maximum absolute atomic E-state index is 14.8. The van der Waals surface area contributed by atoms with E-state index in [1.165, 1.54) is 19.1 Å². The highest BCUT2D eigenvalue weighted by Gasteiger charge is 2.57. The Bertz CT molecular complexity index is 1740. The molecule has 3 aliphatic heterocycles. The van der Waals surface area contributed by atoms with Crippen LogP contribution in [-0.2, 0) is 47.3 Å². The minimum Gasteiger partial charge on any atom is -0.456 e. The van der Waals surface area contributed by atoms with E-state index in [-0.39, 0.29) is 54.9 Å². The van der Waals surface area contributed by atoms with Crippen LogP contribution in [0.1, 0.15) is 127 Å². The van der Waals surface area contributed by atoms with Gasteiger partial charge in [-0.3, -0.25) is 14.4 Å². The molecule has 4 aliphatic rings. The van der Waals surface area contributed by atoms with Gasteiger partial charge in [0.15, 0.2) is 8.32 Å². The van der Waals surface area contributed by atoms with Gasteiger partial charge in [0.2, 0.25) is 5.79 Å². The standard InChI is InChI=1S/C50H83NO12Si/c1-15-18-36-24-30(2)23-31(3)25-42(59-11)45-43(60-12)27-33(5)50(57,62-45)46(54)47(55)51-22-17-16-19-37(51)48(56)61-44(32(4)26-35-20-21-38(52)41(28-35)58-10)34(6)40(29-39(36)53)63-64(13,14)49(7,8)9/h15,24,26,31,33-38,40-45,52,57H,1,16-23,25,27-29H2,2-14H3/b30-24+,32-26+/t31-,33+,34+,35-,36+,37-,38+,40-,41+,42-,43-,44+,45+,50+/m0/s1/i38D. The van der Waals surface area contributed by atoms with Gasteiger partial charge in [-0.15, -0.1) is 6.58 Å². The van der Waals surface area contributed by atoms with Gasteiger partial charge >= 0.3 is 5.97 Å². The van der Waals surface area contributed by atoms with E-state index in [1.807, 2.05) is 32.9 Å². The summed E-state index contributed by atoms with van der Waals surface area (Å²) in [5.74, 6) is -7.48. The summed E-state index contributed by atoms with van der Waals surface area (Å²) in [4.78, 5) is 59.7. The van der Waals surface area contributed by atoms with Crippen molar-refractivity contribution >= 4 is 31.8 Å². The van der Waals surface area contributed by atoms with Gasteiger partial charge in [-0.1, -0.05) is 65.3 Å². The number of piperidine rings is 1. The molecule has 2 N–H and O–H groups in total. The van der Waals surface area contributed by atoms with Crippen molar-refractivity contribution in [3.63, 3.8) is 0 Å². The highest BCUT2D eigenvalue weighted by atomic mass is 28.4. The number of carbonyl (C=O) groups is 4. The van der Waals surface area contributed by atoms with Crippen molar-refractivity contribution in [2.75, 3.05) is 27.9 Å². The average Bonchev–Trinajstić information content (AvgIpc) is 3.23. The lowest BCUT2D eigenvalue weighted by molar-refractivity contribution is -0.302. The monoisotopic (exact) mass is 919 g/mol. The fraction of sp³-hybridized carbons (Fsp3) is 0.800. The molecule has 0 aromatic heterocycles. The molecule has 14 heteroatoms. The van der Waals surface area contributed by atoms with Crippen LogP contribution < -0.4 is 0 Å². The van der Waals surface area contributed by atoms with E-state index >= 15 is 0 Å². The number of ketones is 2. The van der Waals surface area contributed by atoms with Crippen molar-refractivity contribution in [3.8, 4) is 0 Å². The van der Waals surface area contributed by atoms with Gasteiger partial charge in [-0.2, -0.15) is 0 Å². The topological polar surface area (TPSA) is 167 Å². The Labute approximate surface area is 386 Å². The Morgan fingerprint density at radius 1 is 0.969 bits per heavy atom. The molecule has 1 saturated carbocycles. The quantitative estimate of drug-likeness (QED) is 0.100. The van der Waals surface area contributed by atoms with Crippen molar-refractivity contribution in [2.45, 2.75) is 199 Å². The summed E-state index contributed by atoms with van der Waals surface area (Å²) in [5, 5.41) is 22.7. The van der Waals surface area contributed by atoms with Gasteiger partial charge < -0.3 is 43.2 Å². The number of allylic oxidation sites excluding steroid dienone is 4. The average molecular weight is 919 g/mol. The van der Waals surface area contributed by atoms with Crippen LogP contribution in [0.5, 0.6) is 0 Å². The summed E-state index contributed by atoms with van der Waals surface area (Å²) in [6, 6.07) is -1.15. The molecule has 0 radical (unpaired) electrons. The van der Waals surface area contributed by atoms with Gasteiger partial charge in [0.1, 0.15) is 24.0 Å². The maximum atomic E-state index is 14.8. The second-order valence-corrected chi connectivity index (χ2v) is 25.7. The maximum Gasteiger partial charge on any atom is 0.329 e. The molecule has 4 rings (SSSR count). The number of methoxy groups -OCH3 is 3. The summed E-state index contributed by atoms with van der Waals surface area (Å²) in [6.45, 7) is 24.3. The summed E-state index contributed by atoms with van der Waals surface area (Å²) in [7, 11) is 1.98. The number of amides is 1. The zero-order valence-electron chi connectivity index (χ0n) is 42.3. The minimum absolute atomic E-state index is 0.0106. The van der Waals surface area contributed by atoms with Gasteiger partial charge in [0.05, 0.1) is 31.9 Å². The number of cyclic esters (lactones) is 1. The highest BCUT2D eigenvalue weighted by molar-refractivity contribution is 6.74. The van der Waals surface area contributed by atoms with E-state index in [9.17, 15) is 29.4 Å². The van der Waals surface area contributed by atoms with Crippen molar-refractivity contribution in [1.29, 1.82) is 0 Å². The number of hydrogen-bond acceptors (Lipinski definition) is 12. The Morgan fingerprint density at radius 3 is 2.22 bits per heavy atom. The van der Waals surface area contributed by atoms with Crippen LogP contribution in [0.25, 0.3) is 0 Å². The van der Waals surface area contributed by atoms with E-state index < -0.39 is 98.3 Å². The van der Waals surface area contributed by atoms with Crippen LogP contribution in [-0.4, -0.2) is 129 Å². The number of esters is 1. The third kappa shape index (κ3) is 12.9. The largest absolute Gasteiger partial charge is 0.456 e. The summed E-state index contributed by atoms with van der Waals surface area (Å²) in [6.07, 6.45) is 3.72. The van der Waals surface area contributed by atoms with E-state index in [0.29, 0.717) is 50.5 Å². The first-order valence-corrected chi connectivity index (χ1v) is 26.6. The Morgan fingerprint density at radius 2 is 1.61 bits per heavy atom. The molecule has 364 valence electrons. The molecule has 1 aliphatic carbocycles. The third-order valence-electron chi connectivity index (χ3n) is 14.9. The molecule has 0 unspecified atom stereocenters. The molecule has 1 amide bonds. The molecule has 64 heavy (non-hydrogen) atoms. The van der Waals surface area contributed by atoms with Crippen molar-refractivity contribution in [3.05, 3.63) is 36.0 Å². The molecular weight excluding hydrogens is 835 g/mol. The lowest BCUT2D eigenvalue weighted by Crippen LogP contribution is -2.64. The molecule has 14 atom stereocenters. The van der Waals surface area contributed by atoms with Crippen molar-refractivity contribution in [1.82, 2.24) is 4.90 Å². The van der Waals surface area contributed by atoms with Gasteiger partial charge in [0, 0.05) is 52.0 Å². The highest BCUT2D eigenvalue weighted by Crippen LogP contribution is 2.42. The molecule has 0 aromatic rings. The number of carbonyl (C=O) groups excluding carboxylic acids is 4. The lowest BCUT2D eigenvalue weighted by atomic mass is 9.81. The van der Waals surface area contributed by atoms with Gasteiger partial charge in [-0.05, 0) is 114 Å². The fourth-order valence-corrected chi connectivity index (χ4v) is 11.4. The molecule has 2 saturated heterocycles. The zero-order valence-corrected chi connectivity index (χ0v) is 42.3. The van der Waals surface area contributed by atoms with Crippen molar-refractivity contribution in [2.24, 2.45) is 29.6 Å². The smallest absolute Gasteiger partial charge is 0.329 e. The summed E-state index contributed by atoms with van der Waals surface area (Å²) >= 11 is 0.